The molecule has 0 fully saturated rings. The molecule has 0 aliphatic carbocycles. The summed E-state index contributed by atoms with van der Waals surface area (Å²) in [6.45, 7) is 1.95. The first-order chi connectivity index (χ1) is 6.79. The van der Waals surface area contributed by atoms with Crippen molar-refractivity contribution in [1.82, 2.24) is 15.0 Å². The van der Waals surface area contributed by atoms with Gasteiger partial charge in [-0.3, -0.25) is 4.98 Å². The minimum atomic E-state index is 0.455. The van der Waals surface area contributed by atoms with Gasteiger partial charge in [0.15, 0.2) is 0 Å². The van der Waals surface area contributed by atoms with Gasteiger partial charge in [-0.05, 0) is 19.1 Å². The van der Waals surface area contributed by atoms with E-state index in [1.54, 1.807) is 12.4 Å². The van der Waals surface area contributed by atoms with Crippen LogP contribution in [-0.4, -0.2) is 15.0 Å². The van der Waals surface area contributed by atoms with Gasteiger partial charge in [0.25, 0.3) is 0 Å². The molecule has 2 rings (SSSR count). The molecule has 72 valence electrons. The predicted molar refractivity (Wildman–Crippen MR) is 56.1 cm³/mol. The van der Waals surface area contributed by atoms with Gasteiger partial charge in [0.05, 0.1) is 5.88 Å². The van der Waals surface area contributed by atoms with E-state index in [0.29, 0.717) is 5.88 Å². The second-order valence-corrected chi connectivity index (χ2v) is 3.34. The lowest BCUT2D eigenvalue weighted by atomic mass is 10.2. The summed E-state index contributed by atoms with van der Waals surface area (Å²) in [5.74, 6) is 1.29. The molecule has 0 aliphatic rings. The highest BCUT2D eigenvalue weighted by Gasteiger charge is 2.02. The smallest absolute Gasteiger partial charge is 0.137 e. The summed E-state index contributed by atoms with van der Waals surface area (Å²) in [5.41, 5.74) is 2.94. The van der Waals surface area contributed by atoms with Gasteiger partial charge in [-0.15, -0.1) is 11.6 Å². The standard InChI is InChI=1S/C10H10ClN3/c1-7-4-8(2-3-12-7)10-13-6-9(5-11)14-10/h2-4,6H,5H2,1H3,(H,13,14). The van der Waals surface area contributed by atoms with Crippen LogP contribution in [0.2, 0.25) is 0 Å². The first-order valence-corrected chi connectivity index (χ1v) is 4.86. The number of hydrogen-bond donors (Lipinski definition) is 1. The van der Waals surface area contributed by atoms with Gasteiger partial charge in [0, 0.05) is 29.3 Å². The number of pyridine rings is 1. The van der Waals surface area contributed by atoms with Crippen LogP contribution >= 0.6 is 11.6 Å². The van der Waals surface area contributed by atoms with E-state index in [9.17, 15) is 0 Å². The lowest BCUT2D eigenvalue weighted by molar-refractivity contribution is 1.18. The third-order valence-electron chi connectivity index (χ3n) is 1.94. The van der Waals surface area contributed by atoms with E-state index in [1.165, 1.54) is 0 Å². The Balaban J connectivity index is 2.39. The van der Waals surface area contributed by atoms with Crippen LogP contribution in [0, 0.1) is 6.92 Å². The minimum absolute atomic E-state index is 0.455. The van der Waals surface area contributed by atoms with E-state index in [1.807, 2.05) is 19.1 Å². The van der Waals surface area contributed by atoms with Crippen molar-refractivity contribution in [2.75, 3.05) is 0 Å². The monoisotopic (exact) mass is 207 g/mol. The molecule has 2 aromatic rings. The maximum atomic E-state index is 5.68. The summed E-state index contributed by atoms with van der Waals surface area (Å²) in [6, 6.07) is 3.90. The molecule has 0 radical (unpaired) electrons. The number of aromatic nitrogens is 3. The number of aryl methyl sites for hydroxylation is 1. The van der Waals surface area contributed by atoms with Crippen LogP contribution < -0.4 is 0 Å². The Labute approximate surface area is 87.2 Å². The van der Waals surface area contributed by atoms with Crippen LogP contribution in [0.4, 0.5) is 0 Å². The van der Waals surface area contributed by atoms with Gasteiger partial charge >= 0.3 is 0 Å². The van der Waals surface area contributed by atoms with Gasteiger partial charge in [-0.2, -0.15) is 0 Å². The molecule has 0 aromatic carbocycles. The third-order valence-corrected chi connectivity index (χ3v) is 2.23. The van der Waals surface area contributed by atoms with Crippen molar-refractivity contribution >= 4 is 11.6 Å². The Hall–Kier alpha value is -1.35. The number of halogens is 1. The second-order valence-electron chi connectivity index (χ2n) is 3.08. The molecular weight excluding hydrogens is 198 g/mol. The van der Waals surface area contributed by atoms with Crippen LogP contribution in [0.25, 0.3) is 11.4 Å². The summed E-state index contributed by atoms with van der Waals surface area (Å²) in [7, 11) is 0. The molecule has 0 aliphatic heterocycles. The average molecular weight is 208 g/mol. The number of nitrogens with zero attached hydrogens (tertiary/aromatic N) is 2. The van der Waals surface area contributed by atoms with Crippen LogP contribution in [0.1, 0.15) is 11.4 Å². The Kier molecular flexibility index (Phi) is 2.50. The molecule has 0 unspecified atom stereocenters. The minimum Gasteiger partial charge on any atom is -0.341 e. The van der Waals surface area contributed by atoms with Crippen LogP contribution in [-0.2, 0) is 5.88 Å². The summed E-state index contributed by atoms with van der Waals surface area (Å²) >= 11 is 5.68. The fraction of sp³-hybridized carbons (Fsp3) is 0.200. The zero-order valence-corrected chi connectivity index (χ0v) is 8.54. The molecular formula is C10H10ClN3. The van der Waals surface area contributed by atoms with Crippen molar-refractivity contribution in [2.45, 2.75) is 12.8 Å². The Bertz CT molecular complexity index is 436. The number of hydrogen-bond acceptors (Lipinski definition) is 2. The first-order valence-electron chi connectivity index (χ1n) is 4.32. The molecule has 0 bridgehead atoms. The predicted octanol–water partition coefficient (Wildman–Crippen LogP) is 2.52. The Morgan fingerprint density at radius 2 is 2.29 bits per heavy atom. The maximum Gasteiger partial charge on any atom is 0.137 e. The van der Waals surface area contributed by atoms with E-state index in [2.05, 4.69) is 15.0 Å². The fourth-order valence-electron chi connectivity index (χ4n) is 1.27. The zero-order chi connectivity index (χ0) is 9.97. The number of alkyl halides is 1. The fourth-order valence-corrected chi connectivity index (χ4v) is 1.40. The number of nitrogens with one attached hydrogen (secondary N) is 1. The van der Waals surface area contributed by atoms with E-state index in [4.69, 9.17) is 11.6 Å². The van der Waals surface area contributed by atoms with Gasteiger partial charge in [0.2, 0.25) is 0 Å². The molecule has 3 nitrogen and oxygen atoms in total. The average Bonchev–Trinajstić information content (AvgIpc) is 2.66. The molecule has 0 saturated heterocycles. The quantitative estimate of drug-likeness (QED) is 0.769. The molecule has 4 heteroatoms. The van der Waals surface area contributed by atoms with Crippen LogP contribution in [0.5, 0.6) is 0 Å². The van der Waals surface area contributed by atoms with Crippen molar-refractivity contribution in [3.8, 4) is 11.4 Å². The van der Waals surface area contributed by atoms with Gasteiger partial charge < -0.3 is 4.98 Å². The number of H-pyrrole nitrogens is 1. The molecule has 0 spiro atoms. The second kappa shape index (κ2) is 3.80. The topological polar surface area (TPSA) is 41.6 Å². The van der Waals surface area contributed by atoms with E-state index in [-0.39, 0.29) is 0 Å². The number of imidazole rings is 1. The summed E-state index contributed by atoms with van der Waals surface area (Å²) in [4.78, 5) is 11.5. The zero-order valence-electron chi connectivity index (χ0n) is 7.79. The maximum absolute atomic E-state index is 5.68. The first kappa shape index (κ1) is 9.21. The SMILES string of the molecule is Cc1cc(-c2ncc(CCl)[nH]2)ccn1. The Morgan fingerprint density at radius 3 is 2.93 bits per heavy atom. The van der Waals surface area contributed by atoms with Gasteiger partial charge in [-0.1, -0.05) is 0 Å². The highest BCUT2D eigenvalue weighted by atomic mass is 35.5. The molecule has 2 aromatic heterocycles. The summed E-state index contributed by atoms with van der Waals surface area (Å²) in [5, 5.41) is 0. The van der Waals surface area contributed by atoms with Crippen LogP contribution in [0.15, 0.2) is 24.5 Å². The lowest BCUT2D eigenvalue weighted by Crippen LogP contribution is -1.85. The molecule has 0 atom stereocenters. The lowest BCUT2D eigenvalue weighted by Gasteiger charge is -1.97. The summed E-state index contributed by atoms with van der Waals surface area (Å²) in [6.07, 6.45) is 3.52. The largest absolute Gasteiger partial charge is 0.341 e. The highest BCUT2D eigenvalue weighted by Crippen LogP contribution is 2.16. The molecule has 2 heterocycles. The van der Waals surface area contributed by atoms with Crippen molar-refractivity contribution < 1.29 is 0 Å². The van der Waals surface area contributed by atoms with E-state index < -0.39 is 0 Å². The van der Waals surface area contributed by atoms with Crippen molar-refractivity contribution in [3.63, 3.8) is 0 Å². The normalized spacial score (nSPS) is 10.4. The summed E-state index contributed by atoms with van der Waals surface area (Å²) < 4.78 is 0. The van der Waals surface area contributed by atoms with Gasteiger partial charge in [-0.25, -0.2) is 4.98 Å². The molecule has 0 saturated carbocycles. The molecule has 1 N–H and O–H groups in total. The van der Waals surface area contributed by atoms with Crippen molar-refractivity contribution in [2.24, 2.45) is 0 Å². The molecule has 0 amide bonds. The van der Waals surface area contributed by atoms with Crippen molar-refractivity contribution in [3.05, 3.63) is 35.9 Å². The van der Waals surface area contributed by atoms with Crippen molar-refractivity contribution in [1.29, 1.82) is 0 Å². The Morgan fingerprint density at radius 1 is 1.43 bits per heavy atom. The highest BCUT2D eigenvalue weighted by molar-refractivity contribution is 6.16. The van der Waals surface area contributed by atoms with Gasteiger partial charge in [0.1, 0.15) is 5.82 Å². The van der Waals surface area contributed by atoms with E-state index in [0.717, 1.165) is 22.8 Å². The van der Waals surface area contributed by atoms with E-state index >= 15 is 0 Å². The number of rotatable bonds is 2. The van der Waals surface area contributed by atoms with Crippen LogP contribution in [0.3, 0.4) is 0 Å². The molecule has 14 heavy (non-hydrogen) atoms. The third kappa shape index (κ3) is 1.77. The number of aromatic amines is 1.